The first-order chi connectivity index (χ1) is 34.0. The highest BCUT2D eigenvalue weighted by atomic mass is 35.5. The molecule has 12 nitrogen and oxygen atoms in total. The smallest absolute Gasteiger partial charge is 0.303 e. The van der Waals surface area contributed by atoms with Gasteiger partial charge in [-0.1, -0.05) is 99.1 Å². The maximum Gasteiger partial charge on any atom is 0.303 e. The van der Waals surface area contributed by atoms with Gasteiger partial charge in [0.05, 0.1) is 19.8 Å². The van der Waals surface area contributed by atoms with E-state index in [1.54, 1.807) is 36.4 Å². The predicted molar refractivity (Wildman–Crippen MR) is 281 cm³/mol. The number of aliphatic carboxylic acids is 3. The molecule has 3 heterocycles. The molecule has 0 aliphatic rings. The molecule has 0 spiro atoms. The number of thiophene rings is 3. The number of carboxylic acid groups (broad SMARTS) is 3. The molecule has 71 heavy (non-hydrogen) atoms. The zero-order valence-corrected chi connectivity index (χ0v) is 42.3. The van der Waals surface area contributed by atoms with Gasteiger partial charge in [-0.2, -0.15) is 0 Å². The Morgan fingerprint density at radius 2 is 0.775 bits per heavy atom. The average Bonchev–Trinajstić information content (AvgIpc) is 4.04. The van der Waals surface area contributed by atoms with Crippen molar-refractivity contribution in [1.29, 1.82) is 0 Å². The van der Waals surface area contributed by atoms with Crippen LogP contribution in [0.25, 0.3) is 30.3 Å². The van der Waals surface area contributed by atoms with Crippen molar-refractivity contribution in [3.05, 3.63) is 158 Å². The Bertz CT molecular complexity index is 3150. The second-order valence-electron chi connectivity index (χ2n) is 16.9. The number of fused-ring (bicyclic) bond motifs is 3. The molecule has 0 bridgehead atoms. The lowest BCUT2D eigenvalue weighted by Crippen LogP contribution is -2.19. The molecule has 16 heteroatoms. The first kappa shape index (κ1) is 53.4. The minimum atomic E-state index is -0.865. The Morgan fingerprint density at radius 1 is 0.451 bits per heavy atom. The number of carboxylic acids is 3. The SMILES string of the molecule is CC(C)(C)C(=O)c1sc2ccccc2c1OCCCC(=O)O.O=C(O)CCCOc1c(C(=O)c2ccc(Cl)cc2)sc2ccccc12.O=C(O)CCCOc1c(C(=O)c2ccccc2)sc2ccccc12. The minimum absolute atomic E-state index is 0.0303. The van der Waals surface area contributed by atoms with Crippen molar-refractivity contribution >= 4 is 111 Å². The Hall–Kier alpha value is -6.91. The van der Waals surface area contributed by atoms with Crippen molar-refractivity contribution in [1.82, 2.24) is 0 Å². The van der Waals surface area contributed by atoms with Crippen LogP contribution in [0.4, 0.5) is 0 Å². The lowest BCUT2D eigenvalue weighted by molar-refractivity contribution is -0.138. The van der Waals surface area contributed by atoms with Crippen molar-refractivity contribution in [3.8, 4) is 17.2 Å². The molecule has 0 amide bonds. The first-order valence-corrected chi connectivity index (χ1v) is 25.4. The summed E-state index contributed by atoms with van der Waals surface area (Å²) in [6.07, 6.45) is 1.34. The molecule has 3 N–H and O–H groups in total. The highest BCUT2D eigenvalue weighted by Crippen LogP contribution is 2.42. The van der Waals surface area contributed by atoms with Crippen LogP contribution in [-0.4, -0.2) is 70.4 Å². The molecule has 0 radical (unpaired) electrons. The van der Waals surface area contributed by atoms with E-state index in [4.69, 9.17) is 41.1 Å². The molecule has 0 atom stereocenters. The van der Waals surface area contributed by atoms with Crippen LogP contribution >= 0.6 is 45.6 Å². The maximum atomic E-state index is 12.9. The fourth-order valence-corrected chi connectivity index (χ4v) is 10.6. The summed E-state index contributed by atoms with van der Waals surface area (Å²) in [5, 5.41) is 29.4. The van der Waals surface area contributed by atoms with Gasteiger partial charge >= 0.3 is 17.9 Å². The van der Waals surface area contributed by atoms with Gasteiger partial charge in [-0.05, 0) is 79.9 Å². The first-order valence-electron chi connectivity index (χ1n) is 22.6. The summed E-state index contributed by atoms with van der Waals surface area (Å²) in [4.78, 5) is 71.9. The zero-order chi connectivity index (χ0) is 51.1. The summed E-state index contributed by atoms with van der Waals surface area (Å²) in [6.45, 7) is 6.45. The topological polar surface area (TPSA) is 191 Å². The molecular weight excluding hydrogens is 984 g/mol. The minimum Gasteiger partial charge on any atom is -0.491 e. The third-order valence-corrected chi connectivity index (χ3v) is 14.1. The monoisotopic (exact) mass is 1030 g/mol. The second-order valence-corrected chi connectivity index (χ2v) is 20.5. The van der Waals surface area contributed by atoms with Gasteiger partial charge in [-0.3, -0.25) is 28.8 Å². The van der Waals surface area contributed by atoms with Crippen LogP contribution in [0, 0.1) is 5.41 Å². The van der Waals surface area contributed by atoms with E-state index in [1.807, 2.05) is 112 Å². The quantitative estimate of drug-likeness (QED) is 0.0484. The van der Waals surface area contributed by atoms with Crippen LogP contribution < -0.4 is 14.2 Å². The summed E-state index contributed by atoms with van der Waals surface area (Å²) >= 11 is 10.1. The third kappa shape index (κ3) is 14.6. The molecule has 0 saturated heterocycles. The molecular formula is C55H51ClO12S3. The van der Waals surface area contributed by atoms with Crippen molar-refractivity contribution in [2.45, 2.75) is 59.3 Å². The van der Waals surface area contributed by atoms with E-state index in [2.05, 4.69) is 0 Å². The van der Waals surface area contributed by atoms with E-state index in [0.717, 1.165) is 30.3 Å². The Balaban J connectivity index is 0.000000175. The van der Waals surface area contributed by atoms with E-state index < -0.39 is 23.3 Å². The van der Waals surface area contributed by atoms with Gasteiger partial charge in [0, 0.05) is 71.1 Å². The molecule has 0 fully saturated rings. The van der Waals surface area contributed by atoms with Gasteiger partial charge in [-0.25, -0.2) is 0 Å². The molecule has 5 aromatic carbocycles. The van der Waals surface area contributed by atoms with Crippen LogP contribution in [0.1, 0.15) is 99.4 Å². The van der Waals surface area contributed by atoms with E-state index in [0.29, 0.717) is 67.3 Å². The normalized spacial score (nSPS) is 11.0. The Kier molecular flexibility index (Phi) is 19.0. The number of hydrogen-bond acceptors (Lipinski definition) is 12. The predicted octanol–water partition coefficient (Wildman–Crippen LogP) is 13.8. The molecule has 3 aromatic heterocycles. The molecule has 0 aliphatic heterocycles. The Morgan fingerprint density at radius 3 is 1.14 bits per heavy atom. The summed E-state index contributed by atoms with van der Waals surface area (Å²) in [7, 11) is 0. The van der Waals surface area contributed by atoms with E-state index in [1.165, 1.54) is 34.0 Å². The summed E-state index contributed by atoms with van der Waals surface area (Å²) in [5.41, 5.74) is 0.658. The largest absolute Gasteiger partial charge is 0.491 e. The Labute approximate surface area is 427 Å². The van der Waals surface area contributed by atoms with Crippen LogP contribution in [-0.2, 0) is 14.4 Å². The van der Waals surface area contributed by atoms with E-state index in [9.17, 15) is 28.8 Å². The molecule has 8 aromatic rings. The van der Waals surface area contributed by atoms with Gasteiger partial charge in [0.2, 0.25) is 11.6 Å². The number of carbonyl (C=O) groups excluding carboxylic acids is 3. The van der Waals surface area contributed by atoms with Gasteiger partial charge in [0.1, 0.15) is 31.9 Å². The van der Waals surface area contributed by atoms with Gasteiger partial charge in [-0.15, -0.1) is 34.0 Å². The summed E-state index contributed by atoms with van der Waals surface area (Å²) < 4.78 is 20.3. The average molecular weight is 1040 g/mol. The summed E-state index contributed by atoms with van der Waals surface area (Å²) in [6, 6.07) is 38.8. The van der Waals surface area contributed by atoms with Crippen LogP contribution in [0.3, 0.4) is 0 Å². The fraction of sp³-hybridized carbons (Fsp3) is 0.236. The number of Topliss-reactive ketones (excluding diaryl/α,β-unsaturated/α-hetero) is 1. The van der Waals surface area contributed by atoms with Gasteiger partial charge < -0.3 is 29.5 Å². The van der Waals surface area contributed by atoms with Crippen LogP contribution in [0.2, 0.25) is 5.02 Å². The van der Waals surface area contributed by atoms with Crippen molar-refractivity contribution in [3.63, 3.8) is 0 Å². The number of ketones is 3. The lowest BCUT2D eigenvalue weighted by atomic mass is 9.89. The number of ether oxygens (including phenoxy) is 3. The maximum absolute atomic E-state index is 12.9. The molecule has 0 aliphatic carbocycles. The molecule has 0 saturated carbocycles. The van der Waals surface area contributed by atoms with Crippen LogP contribution in [0.15, 0.2) is 127 Å². The molecule has 8 rings (SSSR count). The molecule has 0 unspecified atom stereocenters. The third-order valence-electron chi connectivity index (χ3n) is 10.4. The van der Waals surface area contributed by atoms with E-state index in [-0.39, 0.29) is 56.4 Å². The lowest BCUT2D eigenvalue weighted by Gasteiger charge is -2.16. The number of benzene rings is 5. The number of hydrogen-bond donors (Lipinski definition) is 3. The van der Waals surface area contributed by atoms with Crippen molar-refractivity contribution in [2.24, 2.45) is 5.41 Å². The molecule has 368 valence electrons. The zero-order valence-electron chi connectivity index (χ0n) is 39.1. The van der Waals surface area contributed by atoms with Gasteiger partial charge in [0.15, 0.2) is 5.78 Å². The van der Waals surface area contributed by atoms with Crippen molar-refractivity contribution in [2.75, 3.05) is 19.8 Å². The number of halogens is 1. The van der Waals surface area contributed by atoms with E-state index >= 15 is 0 Å². The standard InChI is InChI=1S/C19H15ClO4S.C19H16O4S.C17H20O4S/c20-13-9-7-12(8-10-13)17(23)19-18(24-11-3-6-16(21)22)14-4-1-2-5-15(14)25-19;20-16(21)11-6-12-23-18-14-9-4-5-10-15(14)24-19(18)17(22)13-7-2-1-3-8-13;1-17(2,3)16(20)15-14(21-10-6-9-13(18)19)11-7-4-5-8-12(11)22-15/h1-2,4-5,7-10H,3,6,11H2,(H,21,22);1-5,7-10H,6,11-12H2,(H,20,21);4-5,7-8H,6,9-10H2,1-3H3,(H,18,19). The van der Waals surface area contributed by atoms with Gasteiger partial charge in [0.25, 0.3) is 0 Å². The number of carbonyl (C=O) groups is 6. The van der Waals surface area contributed by atoms with Crippen molar-refractivity contribution < 1.29 is 58.3 Å². The summed E-state index contributed by atoms with van der Waals surface area (Å²) in [5.74, 6) is -1.07. The second kappa shape index (κ2) is 25.3. The highest BCUT2D eigenvalue weighted by Gasteiger charge is 2.29. The van der Waals surface area contributed by atoms with Crippen LogP contribution in [0.5, 0.6) is 17.2 Å². The number of rotatable bonds is 20. The highest BCUT2D eigenvalue weighted by molar-refractivity contribution is 7.22. The fourth-order valence-electron chi connectivity index (χ4n) is 6.93.